The lowest BCUT2D eigenvalue weighted by molar-refractivity contribution is 0.0925. The van der Waals surface area contributed by atoms with Crippen molar-refractivity contribution in [1.29, 1.82) is 5.26 Å². The molecule has 1 unspecified atom stereocenters. The number of hydrogen-bond acceptors (Lipinski definition) is 3. The van der Waals surface area contributed by atoms with E-state index in [1.165, 1.54) is 5.56 Å². The van der Waals surface area contributed by atoms with Gasteiger partial charge in [-0.15, -0.1) is 0 Å². The molecule has 0 saturated carbocycles. The standard InChI is InChI=1S/C16H22N2O/c1-11-8-13(3)15(9-12(11)2)16(19)10-18(5)14(4)6-7-17/h8-9,14H,6,10H2,1-5H3. The second kappa shape index (κ2) is 6.49. The molecule has 1 atom stereocenters. The SMILES string of the molecule is Cc1cc(C)c(C(=O)CN(C)C(C)CC#N)cc1C. The number of nitrogens with zero attached hydrogens (tertiary/aromatic N) is 2. The fraction of sp³-hybridized carbons (Fsp3) is 0.500. The molecule has 0 heterocycles. The molecule has 3 nitrogen and oxygen atoms in total. The molecule has 0 aromatic heterocycles. The van der Waals surface area contributed by atoms with Gasteiger partial charge in [0.25, 0.3) is 0 Å². The summed E-state index contributed by atoms with van der Waals surface area (Å²) >= 11 is 0. The van der Waals surface area contributed by atoms with Gasteiger partial charge < -0.3 is 0 Å². The number of ketones is 1. The topological polar surface area (TPSA) is 44.1 Å². The zero-order chi connectivity index (χ0) is 14.6. The Bertz CT molecular complexity index is 514. The summed E-state index contributed by atoms with van der Waals surface area (Å²) in [6, 6.07) is 6.26. The average Bonchev–Trinajstić information content (AvgIpc) is 2.33. The Balaban J connectivity index is 2.85. The van der Waals surface area contributed by atoms with Crippen molar-refractivity contribution in [2.24, 2.45) is 0 Å². The van der Waals surface area contributed by atoms with E-state index in [0.29, 0.717) is 13.0 Å². The highest BCUT2D eigenvalue weighted by Gasteiger charge is 2.16. The van der Waals surface area contributed by atoms with E-state index in [1.807, 2.05) is 38.8 Å². The van der Waals surface area contributed by atoms with E-state index in [1.54, 1.807) is 0 Å². The van der Waals surface area contributed by atoms with E-state index in [2.05, 4.69) is 19.1 Å². The van der Waals surface area contributed by atoms with Crippen LogP contribution in [0.15, 0.2) is 12.1 Å². The molecule has 0 aliphatic rings. The van der Waals surface area contributed by atoms with Gasteiger partial charge in [0.2, 0.25) is 0 Å². The van der Waals surface area contributed by atoms with Gasteiger partial charge in [0, 0.05) is 11.6 Å². The van der Waals surface area contributed by atoms with Gasteiger partial charge in [0.05, 0.1) is 19.0 Å². The van der Waals surface area contributed by atoms with Crippen molar-refractivity contribution >= 4 is 5.78 Å². The predicted molar refractivity (Wildman–Crippen MR) is 77.3 cm³/mol. The molecule has 0 amide bonds. The molecule has 0 fully saturated rings. The van der Waals surface area contributed by atoms with Gasteiger partial charge in [-0.25, -0.2) is 0 Å². The maximum absolute atomic E-state index is 12.3. The highest BCUT2D eigenvalue weighted by atomic mass is 16.1. The van der Waals surface area contributed by atoms with Crippen molar-refractivity contribution in [1.82, 2.24) is 4.90 Å². The highest BCUT2D eigenvalue weighted by molar-refractivity contribution is 5.99. The highest BCUT2D eigenvalue weighted by Crippen LogP contribution is 2.16. The van der Waals surface area contributed by atoms with Crippen LogP contribution in [0.25, 0.3) is 0 Å². The fourth-order valence-electron chi connectivity index (χ4n) is 2.02. The monoisotopic (exact) mass is 258 g/mol. The van der Waals surface area contributed by atoms with E-state index in [0.717, 1.165) is 16.7 Å². The van der Waals surface area contributed by atoms with Crippen LogP contribution in [-0.4, -0.2) is 30.3 Å². The lowest BCUT2D eigenvalue weighted by Gasteiger charge is -2.22. The first-order chi connectivity index (χ1) is 8.86. The molecule has 0 aliphatic carbocycles. The third-order valence-corrected chi connectivity index (χ3v) is 3.67. The Kier molecular flexibility index (Phi) is 5.26. The van der Waals surface area contributed by atoms with E-state index in [-0.39, 0.29) is 11.8 Å². The molecule has 0 radical (unpaired) electrons. The van der Waals surface area contributed by atoms with Crippen LogP contribution in [0.4, 0.5) is 0 Å². The third kappa shape index (κ3) is 3.90. The maximum atomic E-state index is 12.3. The van der Waals surface area contributed by atoms with Crippen LogP contribution >= 0.6 is 0 Å². The number of nitriles is 1. The molecule has 0 aliphatic heterocycles. The minimum absolute atomic E-state index is 0.0980. The van der Waals surface area contributed by atoms with Crippen molar-refractivity contribution in [2.75, 3.05) is 13.6 Å². The largest absolute Gasteiger partial charge is 0.295 e. The number of aryl methyl sites for hydroxylation is 3. The Morgan fingerprint density at radius 1 is 1.26 bits per heavy atom. The lowest BCUT2D eigenvalue weighted by atomic mass is 9.98. The molecule has 0 saturated heterocycles. The van der Waals surface area contributed by atoms with Crippen LogP contribution in [0.2, 0.25) is 0 Å². The summed E-state index contributed by atoms with van der Waals surface area (Å²) in [6.45, 7) is 8.36. The number of carbonyl (C=O) groups is 1. The van der Waals surface area contributed by atoms with Crippen molar-refractivity contribution in [3.63, 3.8) is 0 Å². The molecule has 0 N–H and O–H groups in total. The molecule has 102 valence electrons. The van der Waals surface area contributed by atoms with E-state index in [4.69, 9.17) is 5.26 Å². The average molecular weight is 258 g/mol. The van der Waals surface area contributed by atoms with Gasteiger partial charge in [0.1, 0.15) is 0 Å². The number of hydrogen-bond donors (Lipinski definition) is 0. The number of rotatable bonds is 5. The molecule has 1 aromatic rings. The zero-order valence-corrected chi connectivity index (χ0v) is 12.4. The normalized spacial score (nSPS) is 12.3. The summed E-state index contributed by atoms with van der Waals surface area (Å²) in [6.07, 6.45) is 0.440. The van der Waals surface area contributed by atoms with Crippen molar-refractivity contribution in [3.05, 3.63) is 34.4 Å². The number of benzene rings is 1. The predicted octanol–water partition coefficient (Wildman–Crippen LogP) is 3.03. The second-order valence-electron chi connectivity index (χ2n) is 5.30. The smallest absolute Gasteiger partial charge is 0.177 e. The zero-order valence-electron chi connectivity index (χ0n) is 12.4. The number of Topliss-reactive ketones (excluding diaryl/α,β-unsaturated/α-hetero) is 1. The van der Waals surface area contributed by atoms with Gasteiger partial charge in [-0.05, 0) is 57.5 Å². The minimum atomic E-state index is 0.0980. The minimum Gasteiger partial charge on any atom is -0.295 e. The van der Waals surface area contributed by atoms with Gasteiger partial charge in [-0.3, -0.25) is 9.69 Å². The molecule has 3 heteroatoms. The molecular weight excluding hydrogens is 236 g/mol. The Morgan fingerprint density at radius 2 is 1.84 bits per heavy atom. The summed E-state index contributed by atoms with van der Waals surface area (Å²) in [5.74, 6) is 0.118. The van der Waals surface area contributed by atoms with Crippen molar-refractivity contribution < 1.29 is 4.79 Å². The molecule has 19 heavy (non-hydrogen) atoms. The molecule has 1 aromatic carbocycles. The first-order valence-electron chi connectivity index (χ1n) is 6.55. The van der Waals surface area contributed by atoms with Gasteiger partial charge in [-0.1, -0.05) is 6.07 Å². The summed E-state index contributed by atoms with van der Waals surface area (Å²) in [5, 5.41) is 8.69. The molecule has 1 rings (SSSR count). The fourth-order valence-corrected chi connectivity index (χ4v) is 2.02. The Hall–Kier alpha value is -1.66. The quantitative estimate of drug-likeness (QED) is 0.762. The summed E-state index contributed by atoms with van der Waals surface area (Å²) in [7, 11) is 1.89. The summed E-state index contributed by atoms with van der Waals surface area (Å²) < 4.78 is 0. The first kappa shape index (κ1) is 15.4. The van der Waals surface area contributed by atoms with Crippen LogP contribution in [0.5, 0.6) is 0 Å². The summed E-state index contributed by atoms with van der Waals surface area (Å²) in [5.41, 5.74) is 4.16. The van der Waals surface area contributed by atoms with Gasteiger partial charge in [-0.2, -0.15) is 5.26 Å². The van der Waals surface area contributed by atoms with Crippen molar-refractivity contribution in [2.45, 2.75) is 40.2 Å². The molecular formula is C16H22N2O. The van der Waals surface area contributed by atoms with E-state index >= 15 is 0 Å². The van der Waals surface area contributed by atoms with Gasteiger partial charge >= 0.3 is 0 Å². The van der Waals surface area contributed by atoms with Gasteiger partial charge in [0.15, 0.2) is 5.78 Å². The number of likely N-dealkylation sites (N-methyl/N-ethyl adjacent to an activating group) is 1. The Morgan fingerprint density at radius 3 is 2.42 bits per heavy atom. The van der Waals surface area contributed by atoms with Crippen LogP contribution in [0.1, 0.15) is 40.4 Å². The van der Waals surface area contributed by atoms with E-state index in [9.17, 15) is 4.79 Å². The van der Waals surface area contributed by atoms with Crippen LogP contribution in [-0.2, 0) is 0 Å². The third-order valence-electron chi connectivity index (χ3n) is 3.67. The molecule has 0 bridgehead atoms. The van der Waals surface area contributed by atoms with E-state index < -0.39 is 0 Å². The van der Waals surface area contributed by atoms with Crippen molar-refractivity contribution in [3.8, 4) is 6.07 Å². The van der Waals surface area contributed by atoms with Crippen LogP contribution in [0.3, 0.4) is 0 Å². The maximum Gasteiger partial charge on any atom is 0.177 e. The second-order valence-corrected chi connectivity index (χ2v) is 5.30. The first-order valence-corrected chi connectivity index (χ1v) is 6.55. The van der Waals surface area contributed by atoms with Crippen LogP contribution < -0.4 is 0 Å². The summed E-state index contributed by atoms with van der Waals surface area (Å²) in [4.78, 5) is 14.3. The Labute approximate surface area is 115 Å². The molecule has 0 spiro atoms. The lowest BCUT2D eigenvalue weighted by Crippen LogP contribution is -2.34. The van der Waals surface area contributed by atoms with Crippen LogP contribution in [0, 0.1) is 32.1 Å². The number of carbonyl (C=O) groups excluding carboxylic acids is 1.